The van der Waals surface area contributed by atoms with Crippen LogP contribution in [0.3, 0.4) is 0 Å². The number of aryl methyl sites for hydroxylation is 1. The molecule has 0 aliphatic carbocycles. The van der Waals surface area contributed by atoms with Gasteiger partial charge in [0, 0.05) is 23.0 Å². The maximum Gasteiger partial charge on any atom is 0.243 e. The number of rotatable bonds is 13. The first-order valence-corrected chi connectivity index (χ1v) is 14.3. The lowest BCUT2D eigenvalue weighted by molar-refractivity contribution is -0.131. The number of nitrogens with zero attached hydrogens (tertiary/aromatic N) is 2. The molecule has 0 N–H and O–H groups in total. The Morgan fingerprint density at radius 2 is 1.78 bits per heavy atom. The molecule has 0 bridgehead atoms. The van der Waals surface area contributed by atoms with Gasteiger partial charge in [0.05, 0.1) is 32.2 Å². The second kappa shape index (κ2) is 13.1. The van der Waals surface area contributed by atoms with Crippen LogP contribution in [-0.4, -0.2) is 57.4 Å². The Kier molecular flexibility index (Phi) is 10.2. The minimum atomic E-state index is -3.93. The summed E-state index contributed by atoms with van der Waals surface area (Å²) in [4.78, 5) is 16.4. The molecule has 0 radical (unpaired) electrons. The van der Waals surface area contributed by atoms with E-state index in [0.717, 1.165) is 20.3 Å². The molecule has 198 valence electrons. The third-order valence-corrected chi connectivity index (χ3v) is 8.96. The second-order valence-electron chi connectivity index (χ2n) is 8.32. The fourth-order valence-electron chi connectivity index (χ4n) is 3.73. The summed E-state index contributed by atoms with van der Waals surface area (Å²) in [6.45, 7) is 6.15. The van der Waals surface area contributed by atoms with E-state index in [1.165, 1.54) is 30.3 Å². The van der Waals surface area contributed by atoms with E-state index in [2.05, 4.69) is 6.58 Å². The van der Waals surface area contributed by atoms with E-state index < -0.39 is 10.0 Å². The van der Waals surface area contributed by atoms with Crippen LogP contribution in [0.1, 0.15) is 16.0 Å². The number of benzene rings is 2. The summed E-state index contributed by atoms with van der Waals surface area (Å²) in [7, 11) is -0.781. The SMILES string of the molecule is C=CCN(CC(=O)N(CCc1ccc(OC)c(OC)c1)Cc1sccc1C)S(=O)(=O)c1ccc(Cl)cc1. The van der Waals surface area contributed by atoms with Crippen LogP contribution < -0.4 is 9.47 Å². The fourth-order valence-corrected chi connectivity index (χ4v) is 6.14. The zero-order valence-corrected chi connectivity index (χ0v) is 23.5. The van der Waals surface area contributed by atoms with Crippen molar-refractivity contribution in [2.45, 2.75) is 24.8 Å². The second-order valence-corrected chi connectivity index (χ2v) is 11.7. The van der Waals surface area contributed by atoms with Crippen LogP contribution in [-0.2, 0) is 27.8 Å². The van der Waals surface area contributed by atoms with Gasteiger partial charge < -0.3 is 14.4 Å². The van der Waals surface area contributed by atoms with E-state index >= 15 is 0 Å². The van der Waals surface area contributed by atoms with Crippen molar-refractivity contribution in [3.63, 3.8) is 0 Å². The van der Waals surface area contributed by atoms with Crippen molar-refractivity contribution in [1.82, 2.24) is 9.21 Å². The van der Waals surface area contributed by atoms with Crippen LogP contribution in [0.15, 0.2) is 71.5 Å². The molecule has 0 unspecified atom stereocenters. The number of halogens is 1. The zero-order valence-electron chi connectivity index (χ0n) is 21.1. The summed E-state index contributed by atoms with van der Waals surface area (Å²) in [5.74, 6) is 0.937. The number of carbonyl (C=O) groups excluding carboxylic acids is 1. The van der Waals surface area contributed by atoms with Gasteiger partial charge in [-0.15, -0.1) is 17.9 Å². The van der Waals surface area contributed by atoms with Gasteiger partial charge in [-0.05, 0) is 72.3 Å². The normalized spacial score (nSPS) is 11.4. The highest BCUT2D eigenvalue weighted by Crippen LogP contribution is 2.28. The number of ether oxygens (including phenoxy) is 2. The molecule has 1 aromatic heterocycles. The average molecular weight is 563 g/mol. The maximum absolute atomic E-state index is 13.6. The molecule has 1 heterocycles. The molecule has 0 spiro atoms. The predicted octanol–water partition coefficient (Wildman–Crippen LogP) is 5.18. The number of sulfonamides is 1. The highest BCUT2D eigenvalue weighted by Gasteiger charge is 2.28. The van der Waals surface area contributed by atoms with Gasteiger partial charge in [-0.25, -0.2) is 8.42 Å². The Bertz CT molecular complexity index is 1320. The first kappa shape index (κ1) is 28.7. The number of carbonyl (C=O) groups is 1. The first-order chi connectivity index (χ1) is 17.7. The minimum Gasteiger partial charge on any atom is -0.493 e. The largest absolute Gasteiger partial charge is 0.493 e. The third kappa shape index (κ3) is 7.35. The molecular weight excluding hydrogens is 532 g/mol. The van der Waals surface area contributed by atoms with Crippen LogP contribution >= 0.6 is 22.9 Å². The van der Waals surface area contributed by atoms with Crippen LogP contribution in [0.5, 0.6) is 11.5 Å². The molecule has 7 nitrogen and oxygen atoms in total. The van der Waals surface area contributed by atoms with Crippen molar-refractivity contribution in [2.24, 2.45) is 0 Å². The van der Waals surface area contributed by atoms with Gasteiger partial charge in [-0.1, -0.05) is 23.7 Å². The van der Waals surface area contributed by atoms with E-state index in [-0.39, 0.29) is 23.9 Å². The van der Waals surface area contributed by atoms with E-state index in [4.69, 9.17) is 21.1 Å². The Balaban J connectivity index is 1.84. The van der Waals surface area contributed by atoms with Crippen molar-refractivity contribution >= 4 is 38.9 Å². The lowest BCUT2D eigenvalue weighted by atomic mass is 10.1. The van der Waals surface area contributed by atoms with E-state index in [9.17, 15) is 13.2 Å². The summed E-state index contributed by atoms with van der Waals surface area (Å²) in [5.41, 5.74) is 2.06. The average Bonchev–Trinajstić information content (AvgIpc) is 3.30. The van der Waals surface area contributed by atoms with Gasteiger partial charge in [0.1, 0.15) is 0 Å². The zero-order chi connectivity index (χ0) is 27.0. The monoisotopic (exact) mass is 562 g/mol. The summed E-state index contributed by atoms with van der Waals surface area (Å²) in [6.07, 6.45) is 2.03. The van der Waals surface area contributed by atoms with Gasteiger partial charge in [0.15, 0.2) is 11.5 Å². The standard InChI is InChI=1S/C27H31ClN2O5S2/c1-5-14-30(37(32,33)23-9-7-22(28)8-10-23)19-27(31)29(18-26-20(2)13-16-36-26)15-12-21-6-11-24(34-3)25(17-21)35-4/h5-11,13,16-17H,1,12,14-15,18-19H2,2-4H3. The van der Waals surface area contributed by atoms with Crippen molar-refractivity contribution in [2.75, 3.05) is 33.9 Å². The van der Waals surface area contributed by atoms with E-state index in [1.807, 2.05) is 36.6 Å². The summed E-state index contributed by atoms with van der Waals surface area (Å²) >= 11 is 7.50. The van der Waals surface area contributed by atoms with Crippen molar-refractivity contribution in [3.05, 3.63) is 87.6 Å². The minimum absolute atomic E-state index is 0.00174. The molecule has 0 fully saturated rings. The fraction of sp³-hybridized carbons (Fsp3) is 0.296. The molecule has 10 heteroatoms. The van der Waals surface area contributed by atoms with E-state index in [0.29, 0.717) is 36.0 Å². The first-order valence-electron chi connectivity index (χ1n) is 11.6. The van der Waals surface area contributed by atoms with Crippen LogP contribution in [0.4, 0.5) is 0 Å². The Morgan fingerprint density at radius 3 is 2.38 bits per heavy atom. The van der Waals surface area contributed by atoms with Crippen LogP contribution in [0.2, 0.25) is 5.02 Å². The third-order valence-electron chi connectivity index (χ3n) is 5.87. The van der Waals surface area contributed by atoms with E-state index in [1.54, 1.807) is 30.5 Å². The molecule has 0 atom stereocenters. The van der Waals surface area contributed by atoms with Gasteiger partial charge in [-0.3, -0.25) is 4.79 Å². The highest BCUT2D eigenvalue weighted by molar-refractivity contribution is 7.89. The van der Waals surface area contributed by atoms with Crippen LogP contribution in [0, 0.1) is 6.92 Å². The van der Waals surface area contributed by atoms with Gasteiger partial charge in [0.25, 0.3) is 0 Å². The Hall–Kier alpha value is -2.85. The lowest BCUT2D eigenvalue weighted by Crippen LogP contribution is -2.43. The Labute approximate surface area is 227 Å². The topological polar surface area (TPSA) is 76.2 Å². The van der Waals surface area contributed by atoms with Crippen molar-refractivity contribution in [1.29, 1.82) is 0 Å². The molecule has 0 aliphatic heterocycles. The van der Waals surface area contributed by atoms with Crippen molar-refractivity contribution in [3.8, 4) is 11.5 Å². The molecule has 2 aromatic carbocycles. The molecular formula is C27H31ClN2O5S2. The maximum atomic E-state index is 13.6. The molecule has 0 saturated carbocycles. The smallest absolute Gasteiger partial charge is 0.243 e. The van der Waals surface area contributed by atoms with Gasteiger partial charge >= 0.3 is 0 Å². The summed E-state index contributed by atoms with van der Waals surface area (Å²) < 4.78 is 38.5. The summed E-state index contributed by atoms with van der Waals surface area (Å²) in [5, 5.41) is 2.41. The quantitative estimate of drug-likeness (QED) is 0.268. The van der Waals surface area contributed by atoms with Crippen LogP contribution in [0.25, 0.3) is 0 Å². The number of hydrogen-bond acceptors (Lipinski definition) is 6. The Morgan fingerprint density at radius 1 is 1.08 bits per heavy atom. The molecule has 1 amide bonds. The number of amides is 1. The molecule has 3 aromatic rings. The number of hydrogen-bond donors (Lipinski definition) is 0. The van der Waals surface area contributed by atoms with Crippen molar-refractivity contribution < 1.29 is 22.7 Å². The number of methoxy groups -OCH3 is 2. The van der Waals surface area contributed by atoms with Gasteiger partial charge in [-0.2, -0.15) is 4.31 Å². The summed E-state index contributed by atoms with van der Waals surface area (Å²) in [6, 6.07) is 13.5. The lowest BCUT2D eigenvalue weighted by Gasteiger charge is -2.27. The highest BCUT2D eigenvalue weighted by atomic mass is 35.5. The van der Waals surface area contributed by atoms with Gasteiger partial charge in [0.2, 0.25) is 15.9 Å². The molecule has 0 aliphatic rings. The molecule has 0 saturated heterocycles. The number of thiophene rings is 1. The molecule has 3 rings (SSSR count). The predicted molar refractivity (Wildman–Crippen MR) is 148 cm³/mol. The molecule has 37 heavy (non-hydrogen) atoms.